The molecule has 1 aliphatic rings. The fraction of sp³-hybridized carbons (Fsp3) is 0.0141. The van der Waals surface area contributed by atoms with Crippen molar-refractivity contribution < 1.29 is 0 Å². The largest absolute Gasteiger partial charge is 0.309 e. The third kappa shape index (κ3) is 6.70. The van der Waals surface area contributed by atoms with Gasteiger partial charge in [-0.15, -0.1) is 0 Å². The molecule has 0 spiro atoms. The predicted octanol–water partition coefficient (Wildman–Crippen LogP) is 17.7. The molecule has 0 radical (unpaired) electrons. The molecular formula is C71H46N4. The molecule has 0 amide bonds. The smallest absolute Gasteiger partial charge is 0.160 e. The van der Waals surface area contributed by atoms with Crippen LogP contribution in [0.15, 0.2) is 279 Å². The summed E-state index contributed by atoms with van der Waals surface area (Å²) in [7, 11) is 0. The van der Waals surface area contributed by atoms with Crippen molar-refractivity contribution in [3.05, 3.63) is 301 Å². The molecular weight excluding hydrogens is 909 g/mol. The second-order valence-corrected chi connectivity index (χ2v) is 19.7. The maximum atomic E-state index is 5.32. The molecule has 0 bridgehead atoms. The van der Waals surface area contributed by atoms with Gasteiger partial charge in [0.25, 0.3) is 0 Å². The number of fused-ring (bicyclic) bond motifs is 9. The van der Waals surface area contributed by atoms with E-state index in [-0.39, 0.29) is 0 Å². The van der Waals surface area contributed by atoms with Gasteiger partial charge in [-0.25, -0.2) is 9.97 Å². The standard InChI is InChI=1S/C71H46N4/c1-5-20-47(21-6-1)64-46-65(48-22-7-2-8-23-48)73-70(72-64)51-24-19-25-52(42-51)71(62-33-16-13-30-56(62)57-31-14-17-34-63(57)71)53-38-41-69-61(45-53)60-44-50(37-40-68(60)75(69)55-28-11-4-12-29-55)49-36-39-67-59(43-49)58-32-15-18-35-66(58)74(67)54-26-9-3-10-27-54/h1-46H. The summed E-state index contributed by atoms with van der Waals surface area (Å²) in [6, 6.07) is 101. The Hall–Kier alpha value is -9.90. The minimum Gasteiger partial charge on any atom is -0.309 e. The van der Waals surface area contributed by atoms with Crippen molar-refractivity contribution in [2.75, 3.05) is 0 Å². The molecule has 3 aromatic heterocycles. The van der Waals surface area contributed by atoms with E-state index in [9.17, 15) is 0 Å². The highest BCUT2D eigenvalue weighted by Crippen LogP contribution is 2.57. The van der Waals surface area contributed by atoms with E-state index in [1.807, 2.05) is 12.1 Å². The Morgan fingerprint density at radius 1 is 0.267 bits per heavy atom. The maximum Gasteiger partial charge on any atom is 0.160 e. The van der Waals surface area contributed by atoms with Crippen molar-refractivity contribution >= 4 is 43.6 Å². The molecule has 3 heterocycles. The van der Waals surface area contributed by atoms with Gasteiger partial charge in [0.15, 0.2) is 5.82 Å². The van der Waals surface area contributed by atoms with Gasteiger partial charge in [0.05, 0.1) is 38.9 Å². The number of para-hydroxylation sites is 3. The van der Waals surface area contributed by atoms with Crippen molar-refractivity contribution in [2.24, 2.45) is 0 Å². The van der Waals surface area contributed by atoms with Gasteiger partial charge < -0.3 is 9.13 Å². The maximum absolute atomic E-state index is 5.32. The Balaban J connectivity index is 0.963. The summed E-state index contributed by atoms with van der Waals surface area (Å²) >= 11 is 0. The summed E-state index contributed by atoms with van der Waals surface area (Å²) < 4.78 is 4.81. The van der Waals surface area contributed by atoms with Crippen LogP contribution in [0.1, 0.15) is 22.3 Å². The van der Waals surface area contributed by atoms with Gasteiger partial charge in [-0.1, -0.05) is 200 Å². The van der Waals surface area contributed by atoms with Crippen LogP contribution in [0, 0.1) is 0 Å². The minimum absolute atomic E-state index is 0.684. The summed E-state index contributed by atoms with van der Waals surface area (Å²) in [6.45, 7) is 0. The average molecular weight is 955 g/mol. The van der Waals surface area contributed by atoms with Crippen molar-refractivity contribution in [1.82, 2.24) is 19.1 Å². The Kier molecular flexibility index (Phi) is 9.76. The molecule has 350 valence electrons. The monoisotopic (exact) mass is 954 g/mol. The first-order valence-electron chi connectivity index (χ1n) is 25.7. The summed E-state index contributed by atoms with van der Waals surface area (Å²) in [6.07, 6.45) is 0. The van der Waals surface area contributed by atoms with Crippen LogP contribution in [0.4, 0.5) is 0 Å². The first-order valence-corrected chi connectivity index (χ1v) is 25.7. The summed E-state index contributed by atoms with van der Waals surface area (Å²) in [5.41, 5.74) is 20.8. The molecule has 14 aromatic rings. The van der Waals surface area contributed by atoms with E-state index in [1.165, 1.54) is 71.5 Å². The lowest BCUT2D eigenvalue weighted by molar-refractivity contribution is 0.770. The third-order valence-electron chi connectivity index (χ3n) is 15.6. The lowest BCUT2D eigenvalue weighted by Gasteiger charge is -2.34. The molecule has 11 aromatic carbocycles. The van der Waals surface area contributed by atoms with Crippen molar-refractivity contribution in [1.29, 1.82) is 0 Å². The Morgan fingerprint density at radius 2 is 0.693 bits per heavy atom. The number of aromatic nitrogens is 4. The fourth-order valence-corrected chi connectivity index (χ4v) is 12.3. The Bertz CT molecular complexity index is 4410. The van der Waals surface area contributed by atoms with E-state index < -0.39 is 5.41 Å². The quantitative estimate of drug-likeness (QED) is 0.152. The molecule has 0 unspecified atom stereocenters. The topological polar surface area (TPSA) is 35.6 Å². The van der Waals surface area contributed by atoms with Crippen molar-refractivity contribution in [3.63, 3.8) is 0 Å². The highest BCUT2D eigenvalue weighted by atomic mass is 15.0. The van der Waals surface area contributed by atoms with E-state index >= 15 is 0 Å². The SMILES string of the molecule is c1ccc(-c2cc(-c3ccccc3)nc(-c3cccc(C4(c5ccc6c(c5)c5cc(-c7ccc8c(c7)c7ccccc7n8-c7ccccc7)ccc5n6-c5ccccc5)c5ccccc5-c5ccccc54)c3)n2)cc1. The molecule has 0 atom stereocenters. The lowest BCUT2D eigenvalue weighted by Crippen LogP contribution is -2.28. The highest BCUT2D eigenvalue weighted by molar-refractivity contribution is 6.13. The summed E-state index contributed by atoms with van der Waals surface area (Å²) in [5.74, 6) is 0.684. The molecule has 75 heavy (non-hydrogen) atoms. The third-order valence-corrected chi connectivity index (χ3v) is 15.6. The first kappa shape index (κ1) is 42.8. The predicted molar refractivity (Wildman–Crippen MR) is 310 cm³/mol. The second kappa shape index (κ2) is 17.1. The van der Waals surface area contributed by atoms with Gasteiger partial charge in [-0.2, -0.15) is 0 Å². The van der Waals surface area contributed by atoms with E-state index in [4.69, 9.17) is 9.97 Å². The highest BCUT2D eigenvalue weighted by Gasteiger charge is 2.46. The van der Waals surface area contributed by atoms with Crippen LogP contribution in [-0.4, -0.2) is 19.1 Å². The molecule has 15 rings (SSSR count). The number of hydrogen-bond donors (Lipinski definition) is 0. The average Bonchev–Trinajstić information content (AvgIpc) is 4.23. The minimum atomic E-state index is -0.687. The van der Waals surface area contributed by atoms with Gasteiger partial charge in [-0.05, 0) is 123 Å². The lowest BCUT2D eigenvalue weighted by atomic mass is 9.67. The summed E-state index contributed by atoms with van der Waals surface area (Å²) in [4.78, 5) is 10.6. The fourth-order valence-electron chi connectivity index (χ4n) is 12.3. The molecule has 0 saturated heterocycles. The Morgan fingerprint density at radius 3 is 1.27 bits per heavy atom. The van der Waals surface area contributed by atoms with Crippen molar-refractivity contribution in [2.45, 2.75) is 5.41 Å². The van der Waals surface area contributed by atoms with E-state index in [0.717, 1.165) is 56.0 Å². The van der Waals surface area contributed by atoms with Crippen molar-refractivity contribution in [3.8, 4) is 67.5 Å². The van der Waals surface area contributed by atoms with E-state index in [1.54, 1.807) is 0 Å². The van der Waals surface area contributed by atoms with Crippen LogP contribution < -0.4 is 0 Å². The molecule has 0 saturated carbocycles. The zero-order valence-electron chi connectivity index (χ0n) is 40.8. The van der Waals surface area contributed by atoms with Crippen LogP contribution in [0.5, 0.6) is 0 Å². The van der Waals surface area contributed by atoms with Gasteiger partial charge >= 0.3 is 0 Å². The van der Waals surface area contributed by atoms with Gasteiger partial charge in [0, 0.05) is 49.6 Å². The van der Waals surface area contributed by atoms with Crippen LogP contribution in [0.3, 0.4) is 0 Å². The van der Waals surface area contributed by atoms with Crippen LogP contribution >= 0.6 is 0 Å². The number of hydrogen-bond acceptors (Lipinski definition) is 2. The molecule has 4 heteroatoms. The molecule has 0 aliphatic heterocycles. The zero-order valence-corrected chi connectivity index (χ0v) is 40.8. The van der Waals surface area contributed by atoms with Crippen LogP contribution in [0.25, 0.3) is 111 Å². The molecule has 0 fully saturated rings. The first-order chi connectivity index (χ1) is 37.2. The number of rotatable bonds is 8. The van der Waals surface area contributed by atoms with Gasteiger partial charge in [0.1, 0.15) is 0 Å². The summed E-state index contributed by atoms with van der Waals surface area (Å²) in [5, 5.41) is 4.86. The normalized spacial score (nSPS) is 12.6. The van der Waals surface area contributed by atoms with Gasteiger partial charge in [0.2, 0.25) is 0 Å². The zero-order chi connectivity index (χ0) is 49.5. The van der Waals surface area contributed by atoms with Crippen LogP contribution in [0.2, 0.25) is 0 Å². The molecule has 0 N–H and O–H groups in total. The van der Waals surface area contributed by atoms with E-state index in [2.05, 4.69) is 276 Å². The second-order valence-electron chi connectivity index (χ2n) is 19.7. The van der Waals surface area contributed by atoms with E-state index in [0.29, 0.717) is 5.82 Å². The Labute approximate surface area is 434 Å². The molecule has 4 nitrogen and oxygen atoms in total. The number of nitrogens with zero attached hydrogens (tertiary/aromatic N) is 4. The van der Waals surface area contributed by atoms with Gasteiger partial charge in [-0.3, -0.25) is 0 Å². The number of benzene rings is 11. The molecule has 1 aliphatic carbocycles. The van der Waals surface area contributed by atoms with Crippen LogP contribution in [-0.2, 0) is 5.41 Å².